The number of carbonyl (C=O) groups excluding carboxylic acids is 1. The Bertz CT molecular complexity index is 1260. The van der Waals surface area contributed by atoms with Gasteiger partial charge in [0.1, 0.15) is 0 Å². The van der Waals surface area contributed by atoms with E-state index in [4.69, 9.17) is 32.9 Å². The molecule has 1 aromatic carbocycles. The number of piperazine rings is 1. The molecule has 5 rings (SSSR count). The van der Waals surface area contributed by atoms with Crippen LogP contribution in [0.2, 0.25) is 10.0 Å². The fourth-order valence-corrected chi connectivity index (χ4v) is 5.48. The smallest absolute Gasteiger partial charge is 0.225 e. The first-order valence-corrected chi connectivity index (χ1v) is 14.1. The Balaban J connectivity index is 1.33. The molecular weight excluding hydrogens is 537 g/mol. The van der Waals surface area contributed by atoms with Gasteiger partial charge < -0.3 is 20.3 Å². The first-order valence-electron chi connectivity index (χ1n) is 13.3. The van der Waals surface area contributed by atoms with Gasteiger partial charge in [0.25, 0.3) is 0 Å². The van der Waals surface area contributed by atoms with Gasteiger partial charge in [-0.25, -0.2) is 15.0 Å². The lowest BCUT2D eigenvalue weighted by molar-refractivity contribution is -0.119. The van der Waals surface area contributed by atoms with Crippen LogP contribution in [-0.2, 0) is 11.3 Å². The van der Waals surface area contributed by atoms with Crippen LogP contribution in [0, 0.1) is 5.92 Å². The summed E-state index contributed by atoms with van der Waals surface area (Å²) in [5.41, 5.74) is 2.62. The first kappa shape index (κ1) is 27.6. The van der Waals surface area contributed by atoms with Crippen molar-refractivity contribution < 1.29 is 9.53 Å². The fraction of sp³-hybridized carbons (Fsp3) is 0.429. The summed E-state index contributed by atoms with van der Waals surface area (Å²) in [4.78, 5) is 29.6. The summed E-state index contributed by atoms with van der Waals surface area (Å²) in [5, 5.41) is 7.38. The van der Waals surface area contributed by atoms with Gasteiger partial charge in [0.2, 0.25) is 17.7 Å². The molecule has 1 amide bonds. The molecule has 0 saturated carbocycles. The van der Waals surface area contributed by atoms with Crippen LogP contribution >= 0.6 is 23.2 Å². The molecule has 206 valence electrons. The van der Waals surface area contributed by atoms with Gasteiger partial charge in [-0.15, -0.1) is 0 Å². The van der Waals surface area contributed by atoms with Crippen LogP contribution in [0.4, 0.5) is 5.95 Å². The zero-order valence-electron chi connectivity index (χ0n) is 22.0. The topological polar surface area (TPSA) is 95.5 Å². The lowest BCUT2D eigenvalue weighted by Gasteiger charge is -2.32. The van der Waals surface area contributed by atoms with Crippen molar-refractivity contribution in [2.75, 3.05) is 50.7 Å². The monoisotopic (exact) mass is 569 g/mol. The number of halogens is 2. The van der Waals surface area contributed by atoms with Crippen molar-refractivity contribution in [1.82, 2.24) is 30.5 Å². The van der Waals surface area contributed by atoms with Gasteiger partial charge in [-0.1, -0.05) is 23.2 Å². The second kappa shape index (κ2) is 12.9. The van der Waals surface area contributed by atoms with E-state index < -0.39 is 0 Å². The van der Waals surface area contributed by atoms with Crippen molar-refractivity contribution >= 4 is 35.1 Å². The molecule has 2 fully saturated rings. The van der Waals surface area contributed by atoms with E-state index in [1.807, 2.05) is 18.2 Å². The van der Waals surface area contributed by atoms with Crippen LogP contribution in [0.1, 0.15) is 25.3 Å². The molecule has 2 aliphatic heterocycles. The Morgan fingerprint density at radius 3 is 2.38 bits per heavy atom. The zero-order valence-corrected chi connectivity index (χ0v) is 23.5. The van der Waals surface area contributed by atoms with Crippen LogP contribution < -0.4 is 20.3 Å². The second-order valence-electron chi connectivity index (χ2n) is 10.1. The standard InChI is InChI=1S/C28H33Cl2N7O2/c1-19(38)32-15-20-2-6-36(7-3-20)18-21-10-26(22-12-23(29)14-24(30)13-22)35-27(11-21)39-25-16-33-28(34-17-25)37-8-4-31-5-9-37/h10-14,16-17,20,31H,2-9,15,18H2,1H3,(H,32,38). The van der Waals surface area contributed by atoms with Gasteiger partial charge >= 0.3 is 0 Å². The second-order valence-corrected chi connectivity index (χ2v) is 10.9. The normalized spacial score (nSPS) is 16.7. The third kappa shape index (κ3) is 7.79. The molecule has 4 heterocycles. The van der Waals surface area contributed by atoms with Crippen molar-refractivity contribution in [3.05, 3.63) is 58.3 Å². The molecule has 0 radical (unpaired) electrons. The van der Waals surface area contributed by atoms with E-state index in [0.29, 0.717) is 33.5 Å². The van der Waals surface area contributed by atoms with Gasteiger partial charge in [-0.05, 0) is 61.7 Å². The number of carbonyl (C=O) groups is 1. The summed E-state index contributed by atoms with van der Waals surface area (Å²) in [6, 6.07) is 9.42. The van der Waals surface area contributed by atoms with Gasteiger partial charge in [0.05, 0.1) is 18.1 Å². The van der Waals surface area contributed by atoms with Crippen molar-refractivity contribution in [2.24, 2.45) is 5.92 Å². The number of aromatic nitrogens is 3. The predicted octanol–water partition coefficient (Wildman–Crippen LogP) is 4.40. The number of hydrogen-bond donors (Lipinski definition) is 2. The quantitative estimate of drug-likeness (QED) is 0.412. The van der Waals surface area contributed by atoms with Crippen LogP contribution in [-0.4, -0.2) is 71.6 Å². The van der Waals surface area contributed by atoms with E-state index in [2.05, 4.69) is 36.5 Å². The minimum atomic E-state index is 0.0271. The number of nitrogens with one attached hydrogen (secondary N) is 2. The van der Waals surface area contributed by atoms with E-state index in [9.17, 15) is 4.79 Å². The molecular formula is C28H33Cl2N7O2. The Kier molecular flexibility index (Phi) is 9.13. The van der Waals surface area contributed by atoms with E-state index >= 15 is 0 Å². The third-order valence-corrected chi connectivity index (χ3v) is 7.45. The highest BCUT2D eigenvalue weighted by molar-refractivity contribution is 6.35. The number of pyridine rings is 1. The van der Waals surface area contributed by atoms with Crippen molar-refractivity contribution in [3.63, 3.8) is 0 Å². The Labute approximate surface area is 238 Å². The molecule has 2 N–H and O–H groups in total. The molecule has 0 bridgehead atoms. The molecule has 2 saturated heterocycles. The summed E-state index contributed by atoms with van der Waals surface area (Å²) in [6.07, 6.45) is 5.47. The average molecular weight is 571 g/mol. The number of nitrogens with zero attached hydrogens (tertiary/aromatic N) is 5. The van der Waals surface area contributed by atoms with Crippen molar-refractivity contribution in [3.8, 4) is 22.9 Å². The predicted molar refractivity (Wildman–Crippen MR) is 154 cm³/mol. The van der Waals surface area contributed by atoms with Crippen LogP contribution in [0.25, 0.3) is 11.3 Å². The maximum atomic E-state index is 11.3. The highest BCUT2D eigenvalue weighted by Gasteiger charge is 2.20. The third-order valence-electron chi connectivity index (χ3n) is 7.01. The van der Waals surface area contributed by atoms with Crippen molar-refractivity contribution in [2.45, 2.75) is 26.3 Å². The largest absolute Gasteiger partial charge is 0.436 e. The summed E-state index contributed by atoms with van der Waals surface area (Å²) < 4.78 is 6.15. The van der Waals surface area contributed by atoms with Gasteiger partial charge in [0.15, 0.2) is 5.75 Å². The highest BCUT2D eigenvalue weighted by atomic mass is 35.5. The van der Waals surface area contributed by atoms with Crippen LogP contribution in [0.15, 0.2) is 42.7 Å². The number of hydrogen-bond acceptors (Lipinski definition) is 8. The number of likely N-dealkylation sites (tertiary alicyclic amines) is 1. The van der Waals surface area contributed by atoms with E-state index in [-0.39, 0.29) is 5.91 Å². The van der Waals surface area contributed by atoms with Crippen LogP contribution in [0.3, 0.4) is 0 Å². The summed E-state index contributed by atoms with van der Waals surface area (Å²) in [5.74, 6) is 2.21. The SMILES string of the molecule is CC(=O)NCC1CCN(Cc2cc(Oc3cnc(N4CCNCC4)nc3)nc(-c3cc(Cl)cc(Cl)c3)c2)CC1. The molecule has 2 aromatic heterocycles. The van der Waals surface area contributed by atoms with E-state index in [1.54, 1.807) is 25.4 Å². The zero-order chi connectivity index (χ0) is 27.2. The number of anilines is 1. The summed E-state index contributed by atoms with van der Waals surface area (Å²) in [7, 11) is 0. The van der Waals surface area contributed by atoms with Gasteiger partial charge in [-0.3, -0.25) is 9.69 Å². The number of rotatable bonds is 8. The number of amides is 1. The Hall–Kier alpha value is -2.98. The molecule has 0 atom stereocenters. The number of ether oxygens (including phenoxy) is 1. The van der Waals surface area contributed by atoms with E-state index in [1.165, 1.54) is 0 Å². The lowest BCUT2D eigenvalue weighted by atomic mass is 9.96. The molecule has 2 aliphatic rings. The molecule has 0 unspecified atom stereocenters. The Morgan fingerprint density at radius 2 is 1.72 bits per heavy atom. The minimum Gasteiger partial charge on any atom is -0.436 e. The first-order chi connectivity index (χ1) is 18.9. The Morgan fingerprint density at radius 1 is 1.03 bits per heavy atom. The summed E-state index contributed by atoms with van der Waals surface area (Å²) in [6.45, 7) is 8.57. The maximum Gasteiger partial charge on any atom is 0.225 e. The van der Waals surface area contributed by atoms with Gasteiger partial charge in [-0.2, -0.15) is 0 Å². The number of benzene rings is 1. The van der Waals surface area contributed by atoms with Gasteiger partial charge in [0, 0.05) is 67.9 Å². The molecule has 9 nitrogen and oxygen atoms in total. The lowest BCUT2D eigenvalue weighted by Crippen LogP contribution is -2.44. The molecule has 11 heteroatoms. The molecule has 3 aromatic rings. The van der Waals surface area contributed by atoms with E-state index in [0.717, 1.165) is 82.0 Å². The summed E-state index contributed by atoms with van der Waals surface area (Å²) >= 11 is 12.6. The number of piperidine rings is 1. The fourth-order valence-electron chi connectivity index (χ4n) is 4.96. The minimum absolute atomic E-state index is 0.0271. The van der Waals surface area contributed by atoms with Crippen LogP contribution in [0.5, 0.6) is 11.6 Å². The highest BCUT2D eigenvalue weighted by Crippen LogP contribution is 2.31. The molecule has 0 spiro atoms. The average Bonchev–Trinajstić information content (AvgIpc) is 2.93. The maximum absolute atomic E-state index is 11.3. The van der Waals surface area contributed by atoms with Crippen molar-refractivity contribution in [1.29, 1.82) is 0 Å². The molecule has 39 heavy (non-hydrogen) atoms. The molecule has 0 aliphatic carbocycles.